The van der Waals surface area contributed by atoms with E-state index in [1.54, 1.807) is 10.9 Å². The Kier molecular flexibility index (Phi) is 3.01. The highest BCUT2D eigenvalue weighted by Gasteiger charge is 2.06. The summed E-state index contributed by atoms with van der Waals surface area (Å²) in [7, 11) is 0. The molecule has 0 saturated carbocycles. The summed E-state index contributed by atoms with van der Waals surface area (Å²) in [5.41, 5.74) is 7.63. The zero-order valence-corrected chi connectivity index (χ0v) is 10.5. The first kappa shape index (κ1) is 10.6. The van der Waals surface area contributed by atoms with Gasteiger partial charge in [-0.25, -0.2) is 9.67 Å². The smallest absolute Gasteiger partial charge is 0.158 e. The van der Waals surface area contributed by atoms with Gasteiger partial charge in [-0.15, -0.1) is 0 Å². The predicted octanol–water partition coefficient (Wildman–Crippen LogP) is 1.64. The molecule has 2 rings (SSSR count). The maximum absolute atomic E-state index is 5.66. The van der Waals surface area contributed by atoms with Crippen molar-refractivity contribution in [1.29, 1.82) is 0 Å². The molecule has 0 atom stereocenters. The lowest BCUT2D eigenvalue weighted by atomic mass is 10.2. The van der Waals surface area contributed by atoms with Crippen molar-refractivity contribution in [3.05, 3.63) is 39.4 Å². The van der Waals surface area contributed by atoms with Crippen LogP contribution in [0.3, 0.4) is 0 Å². The van der Waals surface area contributed by atoms with Crippen molar-refractivity contribution in [2.75, 3.05) is 0 Å². The lowest BCUT2D eigenvalue weighted by Crippen LogP contribution is -2.08. The van der Waals surface area contributed by atoms with Gasteiger partial charge in [0.15, 0.2) is 5.82 Å². The summed E-state index contributed by atoms with van der Waals surface area (Å²) in [4.78, 5) is 4.44. The van der Waals surface area contributed by atoms with Gasteiger partial charge in [0.1, 0.15) is 0 Å². The summed E-state index contributed by atoms with van der Waals surface area (Å²) in [6.45, 7) is 2.43. The third-order valence-corrected chi connectivity index (χ3v) is 2.64. The van der Waals surface area contributed by atoms with Gasteiger partial charge in [-0.3, -0.25) is 0 Å². The van der Waals surface area contributed by atoms with Crippen LogP contribution < -0.4 is 5.73 Å². The molecule has 0 fully saturated rings. The van der Waals surface area contributed by atoms with E-state index in [2.05, 4.69) is 32.7 Å². The van der Waals surface area contributed by atoms with Crippen molar-refractivity contribution >= 4 is 22.6 Å². The molecule has 2 aromatic heterocycles. The van der Waals surface area contributed by atoms with Crippen LogP contribution in [0.2, 0.25) is 0 Å². The van der Waals surface area contributed by atoms with E-state index < -0.39 is 0 Å². The Balaban J connectivity index is 2.55. The Hall–Kier alpha value is -0.950. The third-order valence-electron chi connectivity index (χ3n) is 2.08. The Morgan fingerprint density at radius 3 is 2.87 bits per heavy atom. The van der Waals surface area contributed by atoms with Crippen molar-refractivity contribution in [1.82, 2.24) is 14.8 Å². The zero-order valence-electron chi connectivity index (χ0n) is 8.31. The Labute approximate surface area is 102 Å². The molecular weight excluding hydrogens is 303 g/mol. The standard InChI is InChI=1S/C10H11IN4/c1-7-2-3-8(4-12)10(14-7)15-6-9(11)5-13-15/h2-3,5-6H,4,12H2,1H3. The summed E-state index contributed by atoms with van der Waals surface area (Å²) < 4.78 is 2.84. The fourth-order valence-electron chi connectivity index (χ4n) is 1.35. The summed E-state index contributed by atoms with van der Waals surface area (Å²) in [6.07, 6.45) is 3.73. The molecule has 0 spiro atoms. The number of nitrogens with zero attached hydrogens (tertiary/aromatic N) is 3. The number of nitrogens with two attached hydrogens (primary N) is 1. The number of aryl methyl sites for hydroxylation is 1. The molecule has 4 nitrogen and oxygen atoms in total. The summed E-state index contributed by atoms with van der Waals surface area (Å²) >= 11 is 2.22. The number of hydrogen-bond acceptors (Lipinski definition) is 3. The van der Waals surface area contributed by atoms with Crippen molar-refractivity contribution < 1.29 is 0 Å². The molecular formula is C10H11IN4. The van der Waals surface area contributed by atoms with Crippen LogP contribution >= 0.6 is 22.6 Å². The average molecular weight is 314 g/mol. The number of hydrogen-bond donors (Lipinski definition) is 1. The van der Waals surface area contributed by atoms with E-state index in [0.717, 1.165) is 20.6 Å². The molecule has 0 radical (unpaired) electrons. The molecule has 2 N–H and O–H groups in total. The van der Waals surface area contributed by atoms with E-state index in [-0.39, 0.29) is 0 Å². The van der Waals surface area contributed by atoms with Gasteiger partial charge >= 0.3 is 0 Å². The Morgan fingerprint density at radius 1 is 1.47 bits per heavy atom. The van der Waals surface area contributed by atoms with Gasteiger partial charge in [0, 0.05) is 24.0 Å². The summed E-state index contributed by atoms with van der Waals surface area (Å²) in [6, 6.07) is 3.95. The maximum atomic E-state index is 5.66. The number of aromatic nitrogens is 3. The average Bonchev–Trinajstić information content (AvgIpc) is 2.65. The minimum atomic E-state index is 0.471. The Bertz CT molecular complexity index is 478. The van der Waals surface area contributed by atoms with E-state index >= 15 is 0 Å². The van der Waals surface area contributed by atoms with Crippen molar-refractivity contribution in [2.45, 2.75) is 13.5 Å². The van der Waals surface area contributed by atoms with Gasteiger partial charge in [0.05, 0.1) is 9.77 Å². The van der Waals surface area contributed by atoms with Gasteiger partial charge in [0.2, 0.25) is 0 Å². The van der Waals surface area contributed by atoms with Crippen molar-refractivity contribution in [3.8, 4) is 5.82 Å². The maximum Gasteiger partial charge on any atom is 0.158 e. The second-order valence-corrected chi connectivity index (χ2v) is 4.49. The minimum absolute atomic E-state index is 0.471. The first-order valence-corrected chi connectivity index (χ1v) is 5.65. The monoisotopic (exact) mass is 314 g/mol. The van der Waals surface area contributed by atoms with E-state index in [0.29, 0.717) is 6.54 Å². The van der Waals surface area contributed by atoms with Gasteiger partial charge in [-0.05, 0) is 35.6 Å². The highest BCUT2D eigenvalue weighted by atomic mass is 127. The highest BCUT2D eigenvalue weighted by Crippen LogP contribution is 2.13. The molecule has 0 aliphatic heterocycles. The summed E-state index contributed by atoms with van der Waals surface area (Å²) in [5, 5.41) is 4.23. The van der Waals surface area contributed by atoms with E-state index in [9.17, 15) is 0 Å². The van der Waals surface area contributed by atoms with E-state index in [1.165, 1.54) is 0 Å². The van der Waals surface area contributed by atoms with Gasteiger partial charge in [0.25, 0.3) is 0 Å². The lowest BCUT2D eigenvalue weighted by molar-refractivity contribution is 0.817. The molecule has 0 amide bonds. The quantitative estimate of drug-likeness (QED) is 0.858. The predicted molar refractivity (Wildman–Crippen MR) is 66.7 cm³/mol. The third kappa shape index (κ3) is 2.18. The van der Waals surface area contributed by atoms with Crippen LogP contribution in [0.1, 0.15) is 11.3 Å². The minimum Gasteiger partial charge on any atom is -0.326 e. The molecule has 0 aromatic carbocycles. The van der Waals surface area contributed by atoms with Crippen LogP contribution in [0.5, 0.6) is 0 Å². The fraction of sp³-hybridized carbons (Fsp3) is 0.200. The first-order valence-electron chi connectivity index (χ1n) is 4.58. The molecule has 0 bridgehead atoms. The molecule has 15 heavy (non-hydrogen) atoms. The van der Waals surface area contributed by atoms with Crippen LogP contribution in [0, 0.1) is 10.5 Å². The second kappa shape index (κ2) is 4.28. The molecule has 0 unspecified atom stereocenters. The molecule has 78 valence electrons. The number of rotatable bonds is 2. The van der Waals surface area contributed by atoms with Crippen LogP contribution in [-0.2, 0) is 6.54 Å². The Morgan fingerprint density at radius 2 is 2.27 bits per heavy atom. The first-order chi connectivity index (χ1) is 7.20. The van der Waals surface area contributed by atoms with Crippen LogP contribution in [-0.4, -0.2) is 14.8 Å². The second-order valence-electron chi connectivity index (χ2n) is 3.24. The normalized spacial score (nSPS) is 10.6. The number of halogens is 1. The van der Waals surface area contributed by atoms with Crippen LogP contribution in [0.25, 0.3) is 5.82 Å². The van der Waals surface area contributed by atoms with Crippen LogP contribution in [0.4, 0.5) is 0 Å². The van der Waals surface area contributed by atoms with Crippen molar-refractivity contribution in [2.24, 2.45) is 5.73 Å². The molecule has 0 aliphatic carbocycles. The molecule has 5 heteroatoms. The SMILES string of the molecule is Cc1ccc(CN)c(-n2cc(I)cn2)n1. The topological polar surface area (TPSA) is 56.7 Å². The summed E-state index contributed by atoms with van der Waals surface area (Å²) in [5.74, 6) is 0.820. The number of pyridine rings is 1. The van der Waals surface area contributed by atoms with Crippen LogP contribution in [0.15, 0.2) is 24.5 Å². The van der Waals surface area contributed by atoms with E-state index in [1.807, 2.05) is 25.3 Å². The highest BCUT2D eigenvalue weighted by molar-refractivity contribution is 14.1. The van der Waals surface area contributed by atoms with Crippen molar-refractivity contribution in [3.63, 3.8) is 0 Å². The largest absolute Gasteiger partial charge is 0.326 e. The van der Waals surface area contributed by atoms with E-state index in [4.69, 9.17) is 5.73 Å². The van der Waals surface area contributed by atoms with Gasteiger partial charge in [-0.2, -0.15) is 5.10 Å². The molecule has 0 saturated heterocycles. The van der Waals surface area contributed by atoms with Gasteiger partial charge in [-0.1, -0.05) is 6.07 Å². The zero-order chi connectivity index (χ0) is 10.8. The fourth-order valence-corrected chi connectivity index (χ4v) is 1.73. The lowest BCUT2D eigenvalue weighted by Gasteiger charge is -2.07. The molecule has 2 aromatic rings. The van der Waals surface area contributed by atoms with Gasteiger partial charge < -0.3 is 5.73 Å². The molecule has 2 heterocycles. The molecule has 0 aliphatic rings.